The Hall–Kier alpha value is -0.620. The van der Waals surface area contributed by atoms with Crippen LogP contribution in [0.5, 0.6) is 0 Å². The molecule has 6 heteroatoms. The van der Waals surface area contributed by atoms with Crippen LogP contribution in [0.4, 0.5) is 0 Å². The first kappa shape index (κ1) is 12.4. The highest BCUT2D eigenvalue weighted by Crippen LogP contribution is 2.20. The summed E-state index contributed by atoms with van der Waals surface area (Å²) in [5.74, 6) is 0. The quantitative estimate of drug-likeness (QED) is 0.835. The summed E-state index contributed by atoms with van der Waals surface area (Å²) in [6, 6.07) is 4.67. The van der Waals surface area contributed by atoms with Gasteiger partial charge in [0.1, 0.15) is 0 Å². The molecule has 0 aliphatic carbocycles. The standard InChI is InChI=1S/C9H13ClN2O2S/c1-11-6-7-3-4-8(5-9(7)10)15(13,14)12-2/h3-5,11-12H,6H2,1-2H3. The zero-order chi connectivity index (χ0) is 11.5. The van der Waals surface area contributed by atoms with Gasteiger partial charge < -0.3 is 5.32 Å². The third kappa shape index (κ3) is 2.92. The van der Waals surface area contributed by atoms with Crippen molar-refractivity contribution in [2.24, 2.45) is 0 Å². The second kappa shape index (κ2) is 4.94. The average Bonchev–Trinajstić information content (AvgIpc) is 2.21. The fourth-order valence-electron chi connectivity index (χ4n) is 1.15. The first-order valence-electron chi connectivity index (χ1n) is 4.38. The van der Waals surface area contributed by atoms with Crippen LogP contribution in [0.2, 0.25) is 5.02 Å². The molecule has 4 nitrogen and oxygen atoms in total. The van der Waals surface area contributed by atoms with Crippen LogP contribution in [-0.4, -0.2) is 22.5 Å². The maximum Gasteiger partial charge on any atom is 0.240 e. The first-order chi connectivity index (χ1) is 7.01. The number of rotatable bonds is 4. The minimum Gasteiger partial charge on any atom is -0.316 e. The van der Waals surface area contributed by atoms with Gasteiger partial charge in [0.05, 0.1) is 4.90 Å². The largest absolute Gasteiger partial charge is 0.316 e. The van der Waals surface area contributed by atoms with Crippen LogP contribution in [0.3, 0.4) is 0 Å². The molecule has 0 fully saturated rings. The molecule has 1 rings (SSSR count). The molecule has 0 saturated carbocycles. The molecule has 0 aliphatic heterocycles. The van der Waals surface area contributed by atoms with Crippen LogP contribution >= 0.6 is 11.6 Å². The van der Waals surface area contributed by atoms with E-state index in [-0.39, 0.29) is 4.90 Å². The summed E-state index contributed by atoms with van der Waals surface area (Å²) in [5, 5.41) is 3.39. The fraction of sp³-hybridized carbons (Fsp3) is 0.333. The Bertz CT molecular complexity index is 445. The number of hydrogen-bond donors (Lipinski definition) is 2. The molecule has 0 spiro atoms. The van der Waals surface area contributed by atoms with E-state index in [0.29, 0.717) is 11.6 Å². The lowest BCUT2D eigenvalue weighted by molar-refractivity contribution is 0.588. The van der Waals surface area contributed by atoms with Crippen LogP contribution in [0.1, 0.15) is 5.56 Å². The second-order valence-electron chi connectivity index (χ2n) is 2.99. The highest BCUT2D eigenvalue weighted by molar-refractivity contribution is 7.89. The average molecular weight is 249 g/mol. The van der Waals surface area contributed by atoms with E-state index in [1.54, 1.807) is 13.1 Å². The Kier molecular flexibility index (Phi) is 4.10. The van der Waals surface area contributed by atoms with Gasteiger partial charge in [0.15, 0.2) is 0 Å². The summed E-state index contributed by atoms with van der Waals surface area (Å²) in [6.45, 7) is 0.610. The van der Waals surface area contributed by atoms with Gasteiger partial charge in [-0.3, -0.25) is 0 Å². The van der Waals surface area contributed by atoms with Crippen LogP contribution in [0.15, 0.2) is 23.1 Å². The molecule has 0 unspecified atom stereocenters. The molecule has 0 radical (unpaired) electrons. The number of benzene rings is 1. The molecular formula is C9H13ClN2O2S. The van der Waals surface area contributed by atoms with Crippen molar-refractivity contribution in [3.63, 3.8) is 0 Å². The summed E-state index contributed by atoms with van der Waals surface area (Å²) in [7, 11) is -0.241. The van der Waals surface area contributed by atoms with Crippen molar-refractivity contribution < 1.29 is 8.42 Å². The monoisotopic (exact) mass is 248 g/mol. The Morgan fingerprint density at radius 2 is 2.00 bits per heavy atom. The zero-order valence-electron chi connectivity index (χ0n) is 8.54. The van der Waals surface area contributed by atoms with Crippen molar-refractivity contribution in [3.05, 3.63) is 28.8 Å². The molecule has 15 heavy (non-hydrogen) atoms. The summed E-state index contributed by atoms with van der Waals surface area (Å²) in [5.41, 5.74) is 0.870. The van der Waals surface area contributed by atoms with E-state index in [9.17, 15) is 8.42 Å². The molecule has 0 bridgehead atoms. The Balaban J connectivity index is 3.12. The molecular weight excluding hydrogens is 236 g/mol. The molecule has 0 atom stereocenters. The van der Waals surface area contributed by atoms with E-state index < -0.39 is 10.0 Å². The molecule has 0 aliphatic rings. The minimum absolute atomic E-state index is 0.176. The van der Waals surface area contributed by atoms with Crippen molar-refractivity contribution in [2.75, 3.05) is 14.1 Å². The summed E-state index contributed by atoms with van der Waals surface area (Å²) in [6.07, 6.45) is 0. The van der Waals surface area contributed by atoms with Crippen molar-refractivity contribution in [1.82, 2.24) is 10.0 Å². The van der Waals surface area contributed by atoms with E-state index in [0.717, 1.165) is 5.56 Å². The molecule has 0 saturated heterocycles. The Labute approximate surface area is 94.7 Å². The van der Waals surface area contributed by atoms with Gasteiger partial charge >= 0.3 is 0 Å². The van der Waals surface area contributed by atoms with Gasteiger partial charge in [-0.1, -0.05) is 17.7 Å². The minimum atomic E-state index is -3.41. The molecule has 1 aromatic rings. The van der Waals surface area contributed by atoms with E-state index in [1.165, 1.54) is 19.2 Å². The molecule has 0 heterocycles. The highest BCUT2D eigenvalue weighted by Gasteiger charge is 2.12. The summed E-state index contributed by atoms with van der Waals surface area (Å²) in [4.78, 5) is 0.176. The molecule has 0 amide bonds. The van der Waals surface area contributed by atoms with E-state index in [2.05, 4.69) is 10.0 Å². The van der Waals surface area contributed by atoms with Crippen molar-refractivity contribution >= 4 is 21.6 Å². The number of hydrogen-bond acceptors (Lipinski definition) is 3. The predicted octanol–water partition coefficient (Wildman–Crippen LogP) is 0.967. The van der Waals surface area contributed by atoms with E-state index >= 15 is 0 Å². The van der Waals surface area contributed by atoms with Gasteiger partial charge in [0, 0.05) is 11.6 Å². The van der Waals surface area contributed by atoms with Gasteiger partial charge in [0.2, 0.25) is 10.0 Å². The molecule has 1 aromatic carbocycles. The lowest BCUT2D eigenvalue weighted by Crippen LogP contribution is -2.18. The predicted molar refractivity (Wildman–Crippen MR) is 60.5 cm³/mol. The molecule has 84 valence electrons. The van der Waals surface area contributed by atoms with Gasteiger partial charge in [0.25, 0.3) is 0 Å². The first-order valence-corrected chi connectivity index (χ1v) is 6.24. The zero-order valence-corrected chi connectivity index (χ0v) is 10.1. The normalized spacial score (nSPS) is 11.7. The van der Waals surface area contributed by atoms with Crippen LogP contribution in [0, 0.1) is 0 Å². The van der Waals surface area contributed by atoms with Crippen LogP contribution in [-0.2, 0) is 16.6 Å². The topological polar surface area (TPSA) is 58.2 Å². The third-order valence-electron chi connectivity index (χ3n) is 1.97. The Morgan fingerprint density at radius 3 is 2.47 bits per heavy atom. The van der Waals surface area contributed by atoms with E-state index in [1.807, 2.05) is 0 Å². The maximum absolute atomic E-state index is 11.4. The van der Waals surface area contributed by atoms with Crippen LogP contribution < -0.4 is 10.0 Å². The lowest BCUT2D eigenvalue weighted by atomic mass is 10.2. The molecule has 0 aromatic heterocycles. The van der Waals surface area contributed by atoms with Crippen LogP contribution in [0.25, 0.3) is 0 Å². The third-order valence-corrected chi connectivity index (χ3v) is 3.73. The second-order valence-corrected chi connectivity index (χ2v) is 5.28. The van der Waals surface area contributed by atoms with Crippen molar-refractivity contribution in [2.45, 2.75) is 11.4 Å². The Morgan fingerprint density at radius 1 is 1.33 bits per heavy atom. The van der Waals surface area contributed by atoms with Crippen molar-refractivity contribution in [3.8, 4) is 0 Å². The number of halogens is 1. The SMILES string of the molecule is CNCc1ccc(S(=O)(=O)NC)cc1Cl. The summed E-state index contributed by atoms with van der Waals surface area (Å²) >= 11 is 5.94. The highest BCUT2D eigenvalue weighted by atomic mass is 35.5. The fourth-order valence-corrected chi connectivity index (χ4v) is 2.21. The smallest absolute Gasteiger partial charge is 0.240 e. The number of sulfonamides is 1. The van der Waals surface area contributed by atoms with E-state index in [4.69, 9.17) is 11.6 Å². The molecule has 2 N–H and O–H groups in total. The maximum atomic E-state index is 11.4. The van der Waals surface area contributed by atoms with Gasteiger partial charge in [-0.05, 0) is 31.8 Å². The van der Waals surface area contributed by atoms with Gasteiger partial charge in [-0.2, -0.15) is 0 Å². The van der Waals surface area contributed by atoms with Gasteiger partial charge in [-0.25, -0.2) is 13.1 Å². The number of nitrogens with one attached hydrogen (secondary N) is 2. The van der Waals surface area contributed by atoms with Gasteiger partial charge in [-0.15, -0.1) is 0 Å². The summed E-state index contributed by atoms with van der Waals surface area (Å²) < 4.78 is 25.1. The van der Waals surface area contributed by atoms with Crippen molar-refractivity contribution in [1.29, 1.82) is 0 Å². The lowest BCUT2D eigenvalue weighted by Gasteiger charge is -2.06.